The summed E-state index contributed by atoms with van der Waals surface area (Å²) in [4.78, 5) is 0. The summed E-state index contributed by atoms with van der Waals surface area (Å²) in [6.07, 6.45) is 1.96. The van der Waals surface area contributed by atoms with E-state index in [-0.39, 0.29) is 0 Å². The fraction of sp³-hybridized carbons (Fsp3) is 0.200. The Morgan fingerprint density at radius 2 is 1.75 bits per heavy atom. The van der Waals surface area contributed by atoms with Crippen molar-refractivity contribution in [1.82, 2.24) is 0 Å². The van der Waals surface area contributed by atoms with Crippen LogP contribution in [0.4, 0.5) is 0 Å². The highest BCUT2D eigenvalue weighted by Gasteiger charge is 1.98. The van der Waals surface area contributed by atoms with Crippen molar-refractivity contribution < 1.29 is 4.74 Å². The number of hydrogen-bond donors (Lipinski definition) is 0. The second kappa shape index (κ2) is 4.40. The molecule has 2 rings (SSSR count). The Hall–Kier alpha value is -1.76. The Morgan fingerprint density at radius 3 is 2.50 bits per heavy atom. The van der Waals surface area contributed by atoms with Crippen LogP contribution in [-0.4, -0.2) is 0 Å². The smallest absolute Gasteiger partial charge is 0.127 e. The predicted molar refractivity (Wildman–Crippen MR) is 68.7 cm³/mol. The summed E-state index contributed by atoms with van der Waals surface area (Å²) in [5, 5.41) is 2.47. The molecule has 2 aromatic carbocycles. The molecule has 0 spiro atoms. The Kier molecular flexibility index (Phi) is 2.95. The molecule has 1 nitrogen and oxygen atoms in total. The van der Waals surface area contributed by atoms with Crippen molar-refractivity contribution >= 4 is 10.8 Å². The second-order valence-electron chi connectivity index (χ2n) is 4.01. The first-order valence-electron chi connectivity index (χ1n) is 5.50. The second-order valence-corrected chi connectivity index (χ2v) is 4.01. The number of benzene rings is 2. The molecule has 0 radical (unpaired) electrons. The molecule has 0 bridgehead atoms. The quantitative estimate of drug-likeness (QED) is 0.668. The monoisotopic (exact) mass is 212 g/mol. The van der Waals surface area contributed by atoms with Crippen LogP contribution < -0.4 is 4.74 Å². The molecule has 0 fully saturated rings. The molecule has 0 aromatic heterocycles. The molecule has 2 aromatic rings. The lowest BCUT2D eigenvalue weighted by atomic mass is 10.1. The van der Waals surface area contributed by atoms with Crippen LogP contribution in [-0.2, 0) is 0 Å². The van der Waals surface area contributed by atoms with Gasteiger partial charge in [0.2, 0.25) is 0 Å². The standard InChI is InChI=1S/C15H16O/c1-4-12(3)16-15-8-7-13-9-11(2)5-6-14(13)10-15/h4-10H,1-3H3/b12-4+. The first-order valence-corrected chi connectivity index (χ1v) is 5.50. The van der Waals surface area contributed by atoms with Gasteiger partial charge in [0.1, 0.15) is 5.75 Å². The molecule has 0 saturated heterocycles. The maximum Gasteiger partial charge on any atom is 0.127 e. The number of allylic oxidation sites excluding steroid dienone is 2. The van der Waals surface area contributed by atoms with Gasteiger partial charge < -0.3 is 4.74 Å². The number of rotatable bonds is 2. The summed E-state index contributed by atoms with van der Waals surface area (Å²) in [5.41, 5.74) is 1.28. The van der Waals surface area contributed by atoms with Gasteiger partial charge in [-0.2, -0.15) is 0 Å². The number of aryl methyl sites for hydroxylation is 1. The highest BCUT2D eigenvalue weighted by molar-refractivity contribution is 5.84. The molecule has 0 aliphatic carbocycles. The van der Waals surface area contributed by atoms with Crippen LogP contribution >= 0.6 is 0 Å². The minimum Gasteiger partial charge on any atom is -0.462 e. The van der Waals surface area contributed by atoms with E-state index >= 15 is 0 Å². The third-order valence-corrected chi connectivity index (χ3v) is 2.65. The topological polar surface area (TPSA) is 9.23 Å². The van der Waals surface area contributed by atoms with Gasteiger partial charge in [-0.25, -0.2) is 0 Å². The van der Waals surface area contributed by atoms with Crippen molar-refractivity contribution in [1.29, 1.82) is 0 Å². The summed E-state index contributed by atoms with van der Waals surface area (Å²) in [7, 11) is 0. The molecule has 1 heteroatoms. The molecule has 0 atom stereocenters. The normalized spacial score (nSPS) is 11.8. The van der Waals surface area contributed by atoms with E-state index in [1.54, 1.807) is 0 Å². The van der Waals surface area contributed by atoms with E-state index in [2.05, 4.69) is 37.3 Å². The summed E-state index contributed by atoms with van der Waals surface area (Å²) in [6, 6.07) is 12.6. The largest absolute Gasteiger partial charge is 0.462 e. The third-order valence-electron chi connectivity index (χ3n) is 2.65. The lowest BCUT2D eigenvalue weighted by molar-refractivity contribution is 0.427. The van der Waals surface area contributed by atoms with Crippen molar-refractivity contribution in [2.75, 3.05) is 0 Å². The first-order chi connectivity index (χ1) is 7.69. The SMILES string of the molecule is C/C=C(\C)Oc1ccc2cc(C)ccc2c1. The van der Waals surface area contributed by atoms with Crippen LogP contribution in [0.5, 0.6) is 5.75 Å². The number of ether oxygens (including phenoxy) is 1. The molecule has 82 valence electrons. The molecule has 0 heterocycles. The number of fused-ring (bicyclic) bond motifs is 1. The highest BCUT2D eigenvalue weighted by atomic mass is 16.5. The molecule has 0 amide bonds. The Labute approximate surface area is 96.4 Å². The summed E-state index contributed by atoms with van der Waals surface area (Å²) < 4.78 is 5.66. The molecule has 0 aliphatic heterocycles. The van der Waals surface area contributed by atoms with Crippen molar-refractivity contribution in [3.05, 3.63) is 53.8 Å². The molecular weight excluding hydrogens is 196 g/mol. The van der Waals surface area contributed by atoms with Gasteiger partial charge in [-0.1, -0.05) is 29.8 Å². The zero-order valence-electron chi connectivity index (χ0n) is 9.95. The molecule has 0 unspecified atom stereocenters. The van der Waals surface area contributed by atoms with Gasteiger partial charge in [0, 0.05) is 0 Å². The van der Waals surface area contributed by atoms with E-state index in [9.17, 15) is 0 Å². The average molecular weight is 212 g/mol. The lowest BCUT2D eigenvalue weighted by Crippen LogP contribution is -1.89. The Balaban J connectivity index is 2.41. The van der Waals surface area contributed by atoms with Gasteiger partial charge in [-0.15, -0.1) is 0 Å². The maximum absolute atomic E-state index is 5.66. The van der Waals surface area contributed by atoms with Crippen LogP contribution in [0.3, 0.4) is 0 Å². The Morgan fingerprint density at radius 1 is 1.06 bits per heavy atom. The van der Waals surface area contributed by atoms with Gasteiger partial charge >= 0.3 is 0 Å². The fourth-order valence-corrected chi connectivity index (χ4v) is 1.65. The van der Waals surface area contributed by atoms with E-state index < -0.39 is 0 Å². The van der Waals surface area contributed by atoms with Gasteiger partial charge in [-0.3, -0.25) is 0 Å². The fourth-order valence-electron chi connectivity index (χ4n) is 1.65. The first kappa shape index (κ1) is 10.7. The van der Waals surface area contributed by atoms with Gasteiger partial charge in [-0.05, 0) is 49.8 Å². The molecular formula is C15H16O. The zero-order chi connectivity index (χ0) is 11.5. The van der Waals surface area contributed by atoms with E-state index in [0.29, 0.717) is 0 Å². The minimum absolute atomic E-state index is 0.895. The van der Waals surface area contributed by atoms with Crippen LogP contribution in [0.15, 0.2) is 48.2 Å². The van der Waals surface area contributed by atoms with Crippen LogP contribution in [0.2, 0.25) is 0 Å². The van der Waals surface area contributed by atoms with E-state index in [0.717, 1.165) is 11.5 Å². The van der Waals surface area contributed by atoms with Crippen molar-refractivity contribution in [2.45, 2.75) is 20.8 Å². The number of hydrogen-bond acceptors (Lipinski definition) is 1. The van der Waals surface area contributed by atoms with Crippen LogP contribution in [0.25, 0.3) is 10.8 Å². The van der Waals surface area contributed by atoms with Crippen LogP contribution in [0, 0.1) is 6.92 Å². The zero-order valence-corrected chi connectivity index (χ0v) is 9.95. The maximum atomic E-state index is 5.66. The highest BCUT2D eigenvalue weighted by Crippen LogP contribution is 2.23. The van der Waals surface area contributed by atoms with E-state index in [1.807, 2.05) is 26.0 Å². The summed E-state index contributed by atoms with van der Waals surface area (Å²) >= 11 is 0. The van der Waals surface area contributed by atoms with Crippen molar-refractivity contribution in [2.24, 2.45) is 0 Å². The average Bonchev–Trinajstić information content (AvgIpc) is 2.29. The van der Waals surface area contributed by atoms with Gasteiger partial charge in [0.15, 0.2) is 0 Å². The van der Waals surface area contributed by atoms with E-state index in [1.165, 1.54) is 16.3 Å². The lowest BCUT2D eigenvalue weighted by Gasteiger charge is -2.07. The summed E-state index contributed by atoms with van der Waals surface area (Å²) in [6.45, 7) is 6.03. The predicted octanol–water partition coefficient (Wildman–Crippen LogP) is 4.45. The van der Waals surface area contributed by atoms with Crippen molar-refractivity contribution in [3.63, 3.8) is 0 Å². The van der Waals surface area contributed by atoms with E-state index in [4.69, 9.17) is 4.74 Å². The molecule has 0 aliphatic rings. The summed E-state index contributed by atoms with van der Waals surface area (Å²) in [5.74, 6) is 1.82. The molecule has 0 saturated carbocycles. The van der Waals surface area contributed by atoms with Crippen LogP contribution in [0.1, 0.15) is 19.4 Å². The van der Waals surface area contributed by atoms with Gasteiger partial charge in [0.25, 0.3) is 0 Å². The molecule has 0 N–H and O–H groups in total. The van der Waals surface area contributed by atoms with Crippen molar-refractivity contribution in [3.8, 4) is 5.75 Å². The molecule has 16 heavy (non-hydrogen) atoms. The third kappa shape index (κ3) is 2.25. The minimum atomic E-state index is 0.895. The Bertz CT molecular complexity index is 538. The van der Waals surface area contributed by atoms with Gasteiger partial charge in [0.05, 0.1) is 5.76 Å².